The van der Waals surface area contributed by atoms with Crippen LogP contribution in [-0.2, 0) is 6.54 Å². The Labute approximate surface area is 106 Å². The van der Waals surface area contributed by atoms with E-state index < -0.39 is 0 Å². The summed E-state index contributed by atoms with van der Waals surface area (Å²) in [5.41, 5.74) is 0.883. The average Bonchev–Trinajstić information content (AvgIpc) is 2.85. The zero-order valence-electron chi connectivity index (χ0n) is 10.8. The van der Waals surface area contributed by atoms with Crippen LogP contribution in [0, 0.1) is 0 Å². The lowest BCUT2D eigenvalue weighted by Gasteiger charge is -2.03. The Morgan fingerprint density at radius 1 is 1.39 bits per heavy atom. The van der Waals surface area contributed by atoms with Crippen molar-refractivity contribution in [3.8, 4) is 17.1 Å². The van der Waals surface area contributed by atoms with Crippen LogP contribution in [0.5, 0.6) is 5.75 Å². The second-order valence-corrected chi connectivity index (χ2v) is 4.28. The molecule has 18 heavy (non-hydrogen) atoms. The van der Waals surface area contributed by atoms with Crippen molar-refractivity contribution < 1.29 is 9.26 Å². The Morgan fingerprint density at radius 3 is 2.94 bits per heavy atom. The number of hydrogen-bond acceptors (Lipinski definition) is 5. The molecule has 2 aromatic rings. The van der Waals surface area contributed by atoms with Gasteiger partial charge in [-0.15, -0.1) is 0 Å². The fraction of sp³-hybridized carbons (Fsp3) is 0.385. The van der Waals surface area contributed by atoms with Crippen LogP contribution in [0.15, 0.2) is 28.8 Å². The normalized spacial score (nSPS) is 10.9. The Balaban J connectivity index is 2.13. The monoisotopic (exact) mass is 247 g/mol. The number of nitrogens with one attached hydrogen (secondary N) is 1. The zero-order valence-corrected chi connectivity index (χ0v) is 10.8. The van der Waals surface area contributed by atoms with Gasteiger partial charge < -0.3 is 14.6 Å². The first-order valence-corrected chi connectivity index (χ1v) is 5.89. The highest BCUT2D eigenvalue weighted by molar-refractivity contribution is 5.56. The van der Waals surface area contributed by atoms with Gasteiger partial charge in [0.1, 0.15) is 5.75 Å². The van der Waals surface area contributed by atoms with E-state index in [1.165, 1.54) is 0 Å². The summed E-state index contributed by atoms with van der Waals surface area (Å²) >= 11 is 0. The summed E-state index contributed by atoms with van der Waals surface area (Å²) in [5.74, 6) is 1.94. The molecule has 0 amide bonds. The molecule has 0 saturated carbocycles. The van der Waals surface area contributed by atoms with E-state index in [0.717, 1.165) is 11.3 Å². The van der Waals surface area contributed by atoms with E-state index in [-0.39, 0.29) is 0 Å². The van der Waals surface area contributed by atoms with E-state index >= 15 is 0 Å². The lowest BCUT2D eigenvalue weighted by molar-refractivity contribution is 0.362. The minimum Gasteiger partial charge on any atom is -0.497 e. The first kappa shape index (κ1) is 12.6. The van der Waals surface area contributed by atoms with Crippen LogP contribution in [0.25, 0.3) is 11.4 Å². The van der Waals surface area contributed by atoms with E-state index in [9.17, 15) is 0 Å². The number of methoxy groups -OCH3 is 1. The summed E-state index contributed by atoms with van der Waals surface area (Å²) in [6.45, 7) is 4.72. The van der Waals surface area contributed by atoms with E-state index in [2.05, 4.69) is 29.3 Å². The van der Waals surface area contributed by atoms with E-state index in [1.807, 2.05) is 24.3 Å². The molecule has 0 aliphatic carbocycles. The van der Waals surface area contributed by atoms with Crippen LogP contribution < -0.4 is 10.1 Å². The Kier molecular flexibility index (Phi) is 3.94. The molecular formula is C13H17N3O2. The van der Waals surface area contributed by atoms with Gasteiger partial charge in [-0.05, 0) is 12.1 Å². The smallest absolute Gasteiger partial charge is 0.240 e. The molecule has 0 spiro atoms. The van der Waals surface area contributed by atoms with Gasteiger partial charge in [0.2, 0.25) is 11.7 Å². The van der Waals surface area contributed by atoms with Crippen molar-refractivity contribution in [2.24, 2.45) is 0 Å². The molecular weight excluding hydrogens is 230 g/mol. The fourth-order valence-corrected chi connectivity index (χ4v) is 1.50. The molecule has 1 aromatic carbocycles. The Morgan fingerprint density at radius 2 is 2.22 bits per heavy atom. The second kappa shape index (κ2) is 5.64. The minimum absolute atomic E-state index is 0.386. The third-order valence-corrected chi connectivity index (χ3v) is 2.46. The van der Waals surface area contributed by atoms with Crippen LogP contribution >= 0.6 is 0 Å². The summed E-state index contributed by atoms with van der Waals surface area (Å²) < 4.78 is 10.3. The highest BCUT2D eigenvalue weighted by Crippen LogP contribution is 2.21. The molecule has 0 saturated heterocycles. The largest absolute Gasteiger partial charge is 0.497 e. The molecule has 0 bridgehead atoms. The number of ether oxygens (including phenoxy) is 1. The predicted octanol–water partition coefficient (Wildman–Crippen LogP) is 2.24. The van der Waals surface area contributed by atoms with Crippen molar-refractivity contribution in [1.82, 2.24) is 15.5 Å². The molecule has 2 rings (SSSR count). The maximum atomic E-state index is 5.18. The summed E-state index contributed by atoms with van der Waals surface area (Å²) in [4.78, 5) is 4.33. The lowest BCUT2D eigenvalue weighted by atomic mass is 10.2. The van der Waals surface area contributed by atoms with E-state index in [0.29, 0.717) is 24.3 Å². The number of aromatic nitrogens is 2. The standard InChI is InChI=1S/C13H17N3O2/c1-9(2)14-8-12-15-13(16-18-12)10-5-4-6-11(7-10)17-3/h4-7,9,14H,8H2,1-3H3. The predicted molar refractivity (Wildman–Crippen MR) is 68.3 cm³/mol. The van der Waals surface area contributed by atoms with Gasteiger partial charge in [-0.3, -0.25) is 0 Å². The molecule has 0 fully saturated rings. The summed E-state index contributed by atoms with van der Waals surface area (Å²) in [7, 11) is 1.63. The molecule has 96 valence electrons. The molecule has 0 radical (unpaired) electrons. The molecule has 5 nitrogen and oxygen atoms in total. The SMILES string of the molecule is COc1cccc(-c2noc(CNC(C)C)n2)c1. The molecule has 1 N–H and O–H groups in total. The molecule has 0 atom stereocenters. The molecule has 0 aliphatic heterocycles. The minimum atomic E-state index is 0.386. The van der Waals surface area contributed by atoms with Crippen LogP contribution in [0.4, 0.5) is 0 Å². The summed E-state index contributed by atoms with van der Waals surface area (Å²) in [6, 6.07) is 7.97. The third kappa shape index (κ3) is 3.07. The molecule has 0 aliphatic rings. The molecule has 5 heteroatoms. The van der Waals surface area contributed by atoms with Crippen molar-refractivity contribution in [2.75, 3.05) is 7.11 Å². The molecule has 0 unspecified atom stereocenters. The first-order chi connectivity index (χ1) is 8.69. The topological polar surface area (TPSA) is 60.2 Å². The van der Waals surface area contributed by atoms with Crippen molar-refractivity contribution in [2.45, 2.75) is 26.4 Å². The van der Waals surface area contributed by atoms with Gasteiger partial charge in [0.15, 0.2) is 0 Å². The van der Waals surface area contributed by atoms with Crippen molar-refractivity contribution in [3.63, 3.8) is 0 Å². The van der Waals surface area contributed by atoms with Crippen LogP contribution in [0.3, 0.4) is 0 Å². The van der Waals surface area contributed by atoms with E-state index in [1.54, 1.807) is 7.11 Å². The first-order valence-electron chi connectivity index (χ1n) is 5.89. The number of benzene rings is 1. The molecule has 1 heterocycles. The van der Waals surface area contributed by atoms with Gasteiger partial charge >= 0.3 is 0 Å². The van der Waals surface area contributed by atoms with Gasteiger partial charge in [-0.25, -0.2) is 0 Å². The van der Waals surface area contributed by atoms with Gasteiger partial charge in [0.05, 0.1) is 13.7 Å². The summed E-state index contributed by atoms with van der Waals surface area (Å²) in [5, 5.41) is 7.19. The van der Waals surface area contributed by atoms with Gasteiger partial charge in [-0.1, -0.05) is 31.1 Å². The van der Waals surface area contributed by atoms with Gasteiger partial charge in [0, 0.05) is 11.6 Å². The summed E-state index contributed by atoms with van der Waals surface area (Å²) in [6.07, 6.45) is 0. The Hall–Kier alpha value is -1.88. The van der Waals surface area contributed by atoms with Crippen LogP contribution in [0.1, 0.15) is 19.7 Å². The maximum absolute atomic E-state index is 5.18. The van der Waals surface area contributed by atoms with Gasteiger partial charge in [0.25, 0.3) is 0 Å². The number of nitrogens with zero attached hydrogens (tertiary/aromatic N) is 2. The van der Waals surface area contributed by atoms with Crippen molar-refractivity contribution >= 4 is 0 Å². The number of hydrogen-bond donors (Lipinski definition) is 1. The van der Waals surface area contributed by atoms with Crippen LogP contribution in [-0.4, -0.2) is 23.3 Å². The average molecular weight is 247 g/mol. The third-order valence-electron chi connectivity index (χ3n) is 2.46. The highest BCUT2D eigenvalue weighted by Gasteiger charge is 2.09. The highest BCUT2D eigenvalue weighted by atomic mass is 16.5. The second-order valence-electron chi connectivity index (χ2n) is 4.28. The maximum Gasteiger partial charge on any atom is 0.240 e. The van der Waals surface area contributed by atoms with Crippen molar-refractivity contribution in [1.29, 1.82) is 0 Å². The quantitative estimate of drug-likeness (QED) is 0.878. The Bertz CT molecular complexity index is 508. The zero-order chi connectivity index (χ0) is 13.0. The lowest BCUT2D eigenvalue weighted by Crippen LogP contribution is -2.21. The van der Waals surface area contributed by atoms with Crippen molar-refractivity contribution in [3.05, 3.63) is 30.2 Å². The molecule has 1 aromatic heterocycles. The van der Waals surface area contributed by atoms with E-state index in [4.69, 9.17) is 9.26 Å². The van der Waals surface area contributed by atoms with Crippen LogP contribution in [0.2, 0.25) is 0 Å². The number of rotatable bonds is 5. The fourth-order valence-electron chi connectivity index (χ4n) is 1.50. The van der Waals surface area contributed by atoms with Gasteiger partial charge in [-0.2, -0.15) is 4.98 Å².